The van der Waals surface area contributed by atoms with Crippen molar-refractivity contribution in [2.75, 3.05) is 33.4 Å². The molecule has 2 aliphatic rings. The van der Waals surface area contributed by atoms with Crippen LogP contribution in [0.1, 0.15) is 44.9 Å². The van der Waals surface area contributed by atoms with E-state index in [0.717, 1.165) is 39.1 Å². The van der Waals surface area contributed by atoms with E-state index in [2.05, 4.69) is 10.2 Å². The molecule has 1 saturated heterocycles. The summed E-state index contributed by atoms with van der Waals surface area (Å²) in [5.41, 5.74) is 0.0319. The Labute approximate surface area is 125 Å². The Morgan fingerprint density at radius 2 is 1.81 bits per heavy atom. The summed E-state index contributed by atoms with van der Waals surface area (Å²) in [6.07, 6.45) is 0.609. The number of alkyl halides is 3. The standard InChI is InChI=1S/C15H27F3N2O/c1-19-13(5-4-8-15(16,17)18)14(6-2-3-7-14)20-9-11-21-12-10-20/h13,19H,2-12H2,1H3. The number of ether oxygens (including phenoxy) is 1. The molecule has 0 aromatic rings. The molecule has 0 bridgehead atoms. The van der Waals surface area contributed by atoms with E-state index in [0.29, 0.717) is 6.42 Å². The van der Waals surface area contributed by atoms with Crippen molar-refractivity contribution in [2.24, 2.45) is 0 Å². The van der Waals surface area contributed by atoms with Crippen LogP contribution in [-0.4, -0.2) is 56.0 Å². The maximum atomic E-state index is 12.4. The summed E-state index contributed by atoms with van der Waals surface area (Å²) in [5.74, 6) is 0. The smallest absolute Gasteiger partial charge is 0.379 e. The van der Waals surface area contributed by atoms with Crippen LogP contribution in [0.5, 0.6) is 0 Å². The largest absolute Gasteiger partial charge is 0.389 e. The van der Waals surface area contributed by atoms with Gasteiger partial charge in [0.1, 0.15) is 0 Å². The van der Waals surface area contributed by atoms with E-state index < -0.39 is 12.6 Å². The first-order valence-electron chi connectivity index (χ1n) is 8.05. The zero-order valence-corrected chi connectivity index (χ0v) is 12.8. The first-order valence-corrected chi connectivity index (χ1v) is 8.05. The molecular weight excluding hydrogens is 281 g/mol. The minimum absolute atomic E-state index is 0.0319. The monoisotopic (exact) mass is 308 g/mol. The topological polar surface area (TPSA) is 24.5 Å². The highest BCUT2D eigenvalue weighted by Gasteiger charge is 2.45. The van der Waals surface area contributed by atoms with Gasteiger partial charge in [-0.05, 0) is 32.7 Å². The summed E-state index contributed by atoms with van der Waals surface area (Å²) >= 11 is 0. The molecule has 0 aromatic carbocycles. The molecular formula is C15H27F3N2O. The first kappa shape index (κ1) is 17.0. The fraction of sp³-hybridized carbons (Fsp3) is 1.00. The fourth-order valence-corrected chi connectivity index (χ4v) is 4.07. The van der Waals surface area contributed by atoms with Gasteiger partial charge >= 0.3 is 6.18 Å². The Morgan fingerprint density at radius 3 is 2.33 bits per heavy atom. The second-order valence-corrected chi connectivity index (χ2v) is 6.26. The molecule has 3 nitrogen and oxygen atoms in total. The zero-order chi connectivity index (χ0) is 15.3. The third-order valence-electron chi connectivity index (χ3n) is 5.06. The van der Waals surface area contributed by atoms with E-state index in [1.54, 1.807) is 0 Å². The number of morpholine rings is 1. The summed E-state index contributed by atoms with van der Waals surface area (Å²) in [7, 11) is 1.89. The maximum Gasteiger partial charge on any atom is 0.389 e. The molecule has 1 N–H and O–H groups in total. The Bertz CT molecular complexity index is 311. The van der Waals surface area contributed by atoms with Crippen LogP contribution in [0.4, 0.5) is 13.2 Å². The third kappa shape index (κ3) is 4.33. The van der Waals surface area contributed by atoms with Crippen LogP contribution in [0, 0.1) is 0 Å². The van der Waals surface area contributed by atoms with E-state index in [9.17, 15) is 13.2 Å². The van der Waals surface area contributed by atoms with Gasteiger partial charge in [0.2, 0.25) is 0 Å². The van der Waals surface area contributed by atoms with Crippen molar-refractivity contribution >= 4 is 0 Å². The Morgan fingerprint density at radius 1 is 1.19 bits per heavy atom. The highest BCUT2D eigenvalue weighted by Crippen LogP contribution is 2.40. The lowest BCUT2D eigenvalue weighted by molar-refractivity contribution is -0.136. The van der Waals surface area contributed by atoms with Gasteiger partial charge in [-0.15, -0.1) is 0 Å². The fourth-order valence-electron chi connectivity index (χ4n) is 4.07. The molecule has 1 aliphatic carbocycles. The van der Waals surface area contributed by atoms with E-state index in [4.69, 9.17) is 4.74 Å². The van der Waals surface area contributed by atoms with Crippen molar-refractivity contribution in [3.63, 3.8) is 0 Å². The quantitative estimate of drug-likeness (QED) is 0.816. The van der Waals surface area contributed by atoms with Crippen molar-refractivity contribution in [2.45, 2.75) is 62.7 Å². The molecule has 2 rings (SSSR count). The van der Waals surface area contributed by atoms with Gasteiger partial charge in [0.05, 0.1) is 13.2 Å². The molecule has 1 aliphatic heterocycles. The lowest BCUT2D eigenvalue weighted by atomic mass is 9.82. The average Bonchev–Trinajstić information content (AvgIpc) is 2.94. The van der Waals surface area contributed by atoms with E-state index in [1.165, 1.54) is 12.8 Å². The van der Waals surface area contributed by atoms with Crippen molar-refractivity contribution in [3.8, 4) is 0 Å². The molecule has 6 heteroatoms. The van der Waals surface area contributed by atoms with Crippen LogP contribution >= 0.6 is 0 Å². The Balaban J connectivity index is 2.00. The minimum atomic E-state index is -4.04. The van der Waals surface area contributed by atoms with Gasteiger partial charge < -0.3 is 10.1 Å². The second-order valence-electron chi connectivity index (χ2n) is 6.26. The number of hydrogen-bond acceptors (Lipinski definition) is 3. The van der Waals surface area contributed by atoms with Gasteiger partial charge in [-0.25, -0.2) is 0 Å². The van der Waals surface area contributed by atoms with Gasteiger partial charge in [0.25, 0.3) is 0 Å². The minimum Gasteiger partial charge on any atom is -0.379 e. The second kappa shape index (κ2) is 7.29. The number of rotatable bonds is 6. The number of likely N-dealkylation sites (N-methyl/N-ethyl adjacent to an activating group) is 1. The lowest BCUT2D eigenvalue weighted by Gasteiger charge is -2.48. The van der Waals surface area contributed by atoms with E-state index in [-0.39, 0.29) is 18.0 Å². The first-order chi connectivity index (χ1) is 9.98. The predicted octanol–water partition coefficient (Wildman–Crippen LogP) is 2.95. The van der Waals surface area contributed by atoms with Crippen LogP contribution < -0.4 is 5.32 Å². The number of nitrogens with zero attached hydrogens (tertiary/aromatic N) is 1. The SMILES string of the molecule is CNC(CCCC(F)(F)F)C1(N2CCOCC2)CCCC1. The van der Waals surface area contributed by atoms with E-state index >= 15 is 0 Å². The molecule has 2 fully saturated rings. The van der Waals surface area contributed by atoms with Gasteiger partial charge in [0, 0.05) is 31.1 Å². The van der Waals surface area contributed by atoms with Crippen molar-refractivity contribution in [1.29, 1.82) is 0 Å². The molecule has 0 spiro atoms. The van der Waals surface area contributed by atoms with Crippen molar-refractivity contribution in [1.82, 2.24) is 10.2 Å². The summed E-state index contributed by atoms with van der Waals surface area (Å²) in [6, 6.07) is 0.139. The normalized spacial score (nSPS) is 25.1. The van der Waals surface area contributed by atoms with Gasteiger partial charge in [0.15, 0.2) is 0 Å². The molecule has 0 amide bonds. The zero-order valence-electron chi connectivity index (χ0n) is 12.8. The third-order valence-corrected chi connectivity index (χ3v) is 5.06. The Hall–Kier alpha value is -0.330. The summed E-state index contributed by atoms with van der Waals surface area (Å²) in [4.78, 5) is 2.47. The average molecular weight is 308 g/mol. The molecule has 1 unspecified atom stereocenters. The van der Waals surface area contributed by atoms with Gasteiger partial charge in [-0.1, -0.05) is 12.8 Å². The predicted molar refractivity (Wildman–Crippen MR) is 76.3 cm³/mol. The van der Waals surface area contributed by atoms with Crippen molar-refractivity contribution in [3.05, 3.63) is 0 Å². The van der Waals surface area contributed by atoms with Crippen LogP contribution in [0.15, 0.2) is 0 Å². The molecule has 1 atom stereocenters. The highest BCUT2D eigenvalue weighted by atomic mass is 19.4. The van der Waals surface area contributed by atoms with Crippen molar-refractivity contribution < 1.29 is 17.9 Å². The molecule has 124 valence electrons. The number of hydrogen-bond donors (Lipinski definition) is 1. The summed E-state index contributed by atoms with van der Waals surface area (Å²) < 4.78 is 42.6. The van der Waals surface area contributed by atoms with Gasteiger partial charge in [-0.3, -0.25) is 4.90 Å². The lowest BCUT2D eigenvalue weighted by Crippen LogP contribution is -2.61. The van der Waals surface area contributed by atoms with Crippen LogP contribution in [0.2, 0.25) is 0 Å². The summed E-state index contributed by atoms with van der Waals surface area (Å²) in [6.45, 7) is 3.27. The van der Waals surface area contributed by atoms with Crippen LogP contribution in [0.25, 0.3) is 0 Å². The molecule has 0 aromatic heterocycles. The van der Waals surface area contributed by atoms with Gasteiger partial charge in [-0.2, -0.15) is 13.2 Å². The molecule has 21 heavy (non-hydrogen) atoms. The molecule has 1 heterocycles. The van der Waals surface area contributed by atoms with Crippen LogP contribution in [0.3, 0.4) is 0 Å². The molecule has 1 saturated carbocycles. The maximum absolute atomic E-state index is 12.4. The highest BCUT2D eigenvalue weighted by molar-refractivity contribution is 5.03. The number of nitrogens with one attached hydrogen (secondary N) is 1. The number of halogens is 3. The Kier molecular flexibility index (Phi) is 5.91. The summed E-state index contributed by atoms with van der Waals surface area (Å²) in [5, 5.41) is 3.32. The van der Waals surface area contributed by atoms with Crippen LogP contribution in [-0.2, 0) is 4.74 Å². The molecule has 0 radical (unpaired) electrons. The van der Waals surface area contributed by atoms with E-state index in [1.807, 2.05) is 7.05 Å².